The Morgan fingerprint density at radius 1 is 1.50 bits per heavy atom. The number of amides is 1. The predicted octanol–water partition coefficient (Wildman–Crippen LogP) is 2.02. The van der Waals surface area contributed by atoms with Crippen molar-refractivity contribution in [1.82, 2.24) is 10.3 Å². The van der Waals surface area contributed by atoms with Crippen LogP contribution >= 0.6 is 36.2 Å². The molecule has 1 aromatic heterocycles. The number of aromatic nitrogens is 1. The number of rotatable bonds is 4. The molecule has 0 fully saturated rings. The van der Waals surface area contributed by atoms with Crippen LogP contribution in [0.3, 0.4) is 0 Å². The first kappa shape index (κ1) is 20.0. The molecule has 0 unspecified atom stereocenters. The summed E-state index contributed by atoms with van der Waals surface area (Å²) in [6.07, 6.45) is 2.53. The van der Waals surface area contributed by atoms with Gasteiger partial charge in [0, 0.05) is 24.5 Å². The minimum atomic E-state index is -0.469. The maximum absolute atomic E-state index is 11.7. The first-order valence-electron chi connectivity index (χ1n) is 5.33. The fraction of sp³-hybridized carbons (Fsp3) is 0.636. The lowest BCUT2D eigenvalue weighted by atomic mass is 9.87. The number of hydrogen-bond donors (Lipinski definition) is 2. The number of carbonyl (C=O) groups is 1. The van der Waals surface area contributed by atoms with Gasteiger partial charge < -0.3 is 11.1 Å². The van der Waals surface area contributed by atoms with Gasteiger partial charge in [0.2, 0.25) is 5.91 Å². The van der Waals surface area contributed by atoms with Crippen molar-refractivity contribution in [3.63, 3.8) is 0 Å². The van der Waals surface area contributed by atoms with Crippen molar-refractivity contribution in [3.05, 3.63) is 16.6 Å². The molecule has 4 nitrogen and oxygen atoms in total. The molecule has 1 heterocycles. The molecule has 1 rings (SSSR count). The molecule has 1 aromatic rings. The van der Waals surface area contributed by atoms with Gasteiger partial charge in [0.1, 0.15) is 0 Å². The van der Waals surface area contributed by atoms with Gasteiger partial charge in [0.15, 0.2) is 0 Å². The lowest BCUT2D eigenvalue weighted by Crippen LogP contribution is -2.48. The van der Waals surface area contributed by atoms with Gasteiger partial charge in [-0.2, -0.15) is 0 Å². The molecule has 0 bridgehead atoms. The van der Waals surface area contributed by atoms with Crippen LogP contribution in [-0.4, -0.2) is 23.5 Å². The summed E-state index contributed by atoms with van der Waals surface area (Å²) in [6.45, 7) is 6.46. The fourth-order valence-corrected chi connectivity index (χ4v) is 1.79. The van der Waals surface area contributed by atoms with E-state index in [1.165, 1.54) is 0 Å². The summed E-state index contributed by atoms with van der Waals surface area (Å²) < 4.78 is 0. The van der Waals surface area contributed by atoms with Crippen molar-refractivity contribution in [2.75, 3.05) is 6.54 Å². The Kier molecular flexibility index (Phi) is 9.64. The molecule has 1 amide bonds. The second-order valence-electron chi connectivity index (χ2n) is 4.81. The number of nitrogens with two attached hydrogens (primary N) is 1. The van der Waals surface area contributed by atoms with Crippen LogP contribution in [-0.2, 0) is 11.2 Å². The standard InChI is InChI=1S/C11H19N3OS.2ClH/c1-11(2,3)9(12)10(15)14-5-4-8-13-6-7-16-8;;/h6-7,9H,4-5,12H2,1-3H3,(H,14,15);2*1H/t9-;;/m1../s1. The van der Waals surface area contributed by atoms with Crippen LogP contribution in [0.4, 0.5) is 0 Å². The zero-order valence-corrected chi connectivity index (χ0v) is 13.3. The van der Waals surface area contributed by atoms with Crippen LogP contribution in [0.15, 0.2) is 11.6 Å². The lowest BCUT2D eigenvalue weighted by molar-refractivity contribution is -0.124. The average Bonchev–Trinajstić information content (AvgIpc) is 2.67. The summed E-state index contributed by atoms with van der Waals surface area (Å²) in [6, 6.07) is -0.469. The Labute approximate surface area is 125 Å². The molecule has 0 aliphatic rings. The molecule has 0 saturated heterocycles. The molecular formula is C11H21Cl2N3OS. The normalized spacial score (nSPS) is 12.0. The average molecular weight is 314 g/mol. The van der Waals surface area contributed by atoms with Gasteiger partial charge in [0.05, 0.1) is 11.0 Å². The topological polar surface area (TPSA) is 68.0 Å². The molecule has 0 aliphatic carbocycles. The van der Waals surface area contributed by atoms with E-state index in [1.54, 1.807) is 17.5 Å². The van der Waals surface area contributed by atoms with Crippen LogP contribution in [0.25, 0.3) is 0 Å². The van der Waals surface area contributed by atoms with Crippen LogP contribution in [0, 0.1) is 5.41 Å². The summed E-state index contributed by atoms with van der Waals surface area (Å²) in [5.74, 6) is -0.0935. The molecular weight excluding hydrogens is 293 g/mol. The van der Waals surface area contributed by atoms with Crippen molar-refractivity contribution >= 4 is 42.1 Å². The van der Waals surface area contributed by atoms with E-state index in [1.807, 2.05) is 26.2 Å². The van der Waals surface area contributed by atoms with Gasteiger partial charge in [-0.25, -0.2) is 4.98 Å². The monoisotopic (exact) mass is 313 g/mol. The van der Waals surface area contributed by atoms with E-state index in [-0.39, 0.29) is 36.1 Å². The highest BCUT2D eigenvalue weighted by Crippen LogP contribution is 2.17. The summed E-state index contributed by atoms with van der Waals surface area (Å²) >= 11 is 1.59. The summed E-state index contributed by atoms with van der Waals surface area (Å²) in [5.41, 5.74) is 5.63. The van der Waals surface area contributed by atoms with Gasteiger partial charge >= 0.3 is 0 Å². The Morgan fingerprint density at radius 2 is 2.11 bits per heavy atom. The van der Waals surface area contributed by atoms with Crippen molar-refractivity contribution < 1.29 is 4.79 Å². The highest BCUT2D eigenvalue weighted by Gasteiger charge is 2.26. The Morgan fingerprint density at radius 3 is 2.56 bits per heavy atom. The van der Waals surface area contributed by atoms with Crippen molar-refractivity contribution in [3.8, 4) is 0 Å². The largest absolute Gasteiger partial charge is 0.354 e. The first-order chi connectivity index (χ1) is 7.41. The fourth-order valence-electron chi connectivity index (χ4n) is 1.17. The molecule has 0 aromatic carbocycles. The Hall–Kier alpha value is -0.360. The van der Waals surface area contributed by atoms with Gasteiger partial charge in [-0.3, -0.25) is 4.79 Å². The quantitative estimate of drug-likeness (QED) is 0.893. The molecule has 0 spiro atoms. The van der Waals surface area contributed by atoms with E-state index in [4.69, 9.17) is 5.73 Å². The summed E-state index contributed by atoms with van der Waals surface area (Å²) in [5, 5.41) is 5.79. The number of nitrogens with one attached hydrogen (secondary N) is 1. The van der Waals surface area contributed by atoms with E-state index >= 15 is 0 Å². The van der Waals surface area contributed by atoms with E-state index in [9.17, 15) is 4.79 Å². The molecule has 106 valence electrons. The van der Waals surface area contributed by atoms with Crippen LogP contribution in [0.2, 0.25) is 0 Å². The predicted molar refractivity (Wildman–Crippen MR) is 80.8 cm³/mol. The Bertz CT molecular complexity index is 339. The lowest BCUT2D eigenvalue weighted by Gasteiger charge is -2.25. The third-order valence-electron chi connectivity index (χ3n) is 2.34. The number of hydrogen-bond acceptors (Lipinski definition) is 4. The first-order valence-corrected chi connectivity index (χ1v) is 6.21. The number of thiazole rings is 1. The second-order valence-corrected chi connectivity index (χ2v) is 5.79. The van der Waals surface area contributed by atoms with Gasteiger partial charge in [-0.15, -0.1) is 36.2 Å². The van der Waals surface area contributed by atoms with Crippen LogP contribution < -0.4 is 11.1 Å². The van der Waals surface area contributed by atoms with Crippen molar-refractivity contribution in [2.45, 2.75) is 33.2 Å². The zero-order chi connectivity index (χ0) is 12.2. The summed E-state index contributed by atoms with van der Waals surface area (Å²) in [7, 11) is 0. The van der Waals surface area contributed by atoms with Crippen molar-refractivity contribution in [2.24, 2.45) is 11.1 Å². The van der Waals surface area contributed by atoms with Gasteiger partial charge in [-0.1, -0.05) is 20.8 Å². The third kappa shape index (κ3) is 6.54. The second kappa shape index (κ2) is 8.69. The molecule has 0 radical (unpaired) electrons. The van der Waals surface area contributed by atoms with E-state index in [0.717, 1.165) is 11.4 Å². The number of halogens is 2. The molecule has 7 heteroatoms. The molecule has 0 saturated carbocycles. The van der Waals surface area contributed by atoms with Crippen molar-refractivity contribution in [1.29, 1.82) is 0 Å². The molecule has 0 aliphatic heterocycles. The number of carbonyl (C=O) groups excluding carboxylic acids is 1. The minimum absolute atomic E-state index is 0. The maximum atomic E-state index is 11.7. The number of nitrogens with zero attached hydrogens (tertiary/aromatic N) is 1. The van der Waals surface area contributed by atoms with Crippen LogP contribution in [0.1, 0.15) is 25.8 Å². The highest BCUT2D eigenvalue weighted by molar-refractivity contribution is 7.09. The van der Waals surface area contributed by atoms with Gasteiger partial charge in [-0.05, 0) is 5.41 Å². The zero-order valence-electron chi connectivity index (χ0n) is 10.8. The maximum Gasteiger partial charge on any atom is 0.237 e. The molecule has 3 N–H and O–H groups in total. The third-order valence-corrected chi connectivity index (χ3v) is 3.18. The van der Waals surface area contributed by atoms with Gasteiger partial charge in [0.25, 0.3) is 0 Å². The van der Waals surface area contributed by atoms with E-state index in [2.05, 4.69) is 10.3 Å². The van der Waals surface area contributed by atoms with E-state index < -0.39 is 6.04 Å². The van der Waals surface area contributed by atoms with Crippen LogP contribution in [0.5, 0.6) is 0 Å². The smallest absolute Gasteiger partial charge is 0.237 e. The Balaban J connectivity index is 0. The minimum Gasteiger partial charge on any atom is -0.354 e. The van der Waals surface area contributed by atoms with E-state index in [0.29, 0.717) is 6.54 Å². The molecule has 1 atom stereocenters. The molecule has 18 heavy (non-hydrogen) atoms. The highest BCUT2D eigenvalue weighted by atomic mass is 35.5. The summed E-state index contributed by atoms with van der Waals surface area (Å²) in [4.78, 5) is 15.8. The SMILES string of the molecule is CC(C)(C)[C@H](N)C(=O)NCCc1nccs1.Cl.Cl.